The van der Waals surface area contributed by atoms with E-state index in [4.69, 9.17) is 4.74 Å². The van der Waals surface area contributed by atoms with Crippen molar-refractivity contribution in [3.8, 4) is 5.75 Å². The number of ketones is 1. The number of aryl methyl sites for hydroxylation is 1. The van der Waals surface area contributed by atoms with Crippen LogP contribution in [-0.2, 0) is 0 Å². The van der Waals surface area contributed by atoms with Crippen LogP contribution in [0.15, 0.2) is 54.6 Å². The Bertz CT molecular complexity index is 1050. The van der Waals surface area contributed by atoms with Gasteiger partial charge in [-0.3, -0.25) is 9.59 Å². The second kappa shape index (κ2) is 8.97. The van der Waals surface area contributed by atoms with E-state index in [2.05, 4.69) is 20.6 Å². The van der Waals surface area contributed by atoms with Crippen LogP contribution in [0.2, 0.25) is 0 Å². The summed E-state index contributed by atoms with van der Waals surface area (Å²) in [4.78, 5) is 32.8. The van der Waals surface area contributed by atoms with Gasteiger partial charge in [0.15, 0.2) is 5.78 Å². The van der Waals surface area contributed by atoms with Crippen molar-refractivity contribution in [3.05, 3.63) is 71.7 Å². The van der Waals surface area contributed by atoms with Gasteiger partial charge in [0.05, 0.1) is 12.3 Å². The number of benzene rings is 2. The van der Waals surface area contributed by atoms with E-state index in [1.807, 2.05) is 31.2 Å². The topological polar surface area (TPSA) is 93.2 Å². The molecule has 3 rings (SSSR count). The number of carbonyl (C=O) groups excluding carboxylic acids is 2. The smallest absolute Gasteiger partial charge is 0.274 e. The third-order valence-electron chi connectivity index (χ3n) is 4.05. The van der Waals surface area contributed by atoms with Crippen LogP contribution in [-0.4, -0.2) is 28.3 Å². The minimum atomic E-state index is -0.391. The van der Waals surface area contributed by atoms with Gasteiger partial charge in [-0.15, -0.1) is 0 Å². The number of aromatic nitrogens is 2. The maximum atomic E-state index is 12.7. The number of hydrogen-bond donors (Lipinski definition) is 2. The maximum absolute atomic E-state index is 12.7. The van der Waals surface area contributed by atoms with Crippen LogP contribution in [0.3, 0.4) is 0 Å². The molecule has 7 nitrogen and oxygen atoms in total. The summed E-state index contributed by atoms with van der Waals surface area (Å²) in [6.45, 7) is 5.64. The van der Waals surface area contributed by atoms with Crippen molar-refractivity contribution in [2.75, 3.05) is 17.2 Å². The lowest BCUT2D eigenvalue weighted by atomic mass is 10.1. The van der Waals surface area contributed by atoms with Gasteiger partial charge in [-0.1, -0.05) is 24.3 Å². The van der Waals surface area contributed by atoms with Gasteiger partial charge in [-0.2, -0.15) is 0 Å². The Labute approximate surface area is 169 Å². The first-order valence-corrected chi connectivity index (χ1v) is 9.23. The molecule has 0 saturated carbocycles. The van der Waals surface area contributed by atoms with E-state index in [-0.39, 0.29) is 11.5 Å². The summed E-state index contributed by atoms with van der Waals surface area (Å²) in [6.07, 6.45) is 0. The van der Waals surface area contributed by atoms with E-state index >= 15 is 0 Å². The lowest BCUT2D eigenvalue weighted by Crippen LogP contribution is -2.15. The Morgan fingerprint density at radius 3 is 2.59 bits per heavy atom. The zero-order valence-electron chi connectivity index (χ0n) is 16.5. The number of carbonyl (C=O) groups is 2. The molecule has 0 aliphatic rings. The molecule has 2 aromatic carbocycles. The Hall–Kier alpha value is -3.74. The molecular formula is C22H22N4O3. The summed E-state index contributed by atoms with van der Waals surface area (Å²) in [7, 11) is 0. The number of amides is 1. The summed E-state index contributed by atoms with van der Waals surface area (Å²) in [6, 6.07) is 15.8. The van der Waals surface area contributed by atoms with Crippen LogP contribution in [0.1, 0.15) is 40.5 Å². The number of hydrogen-bond acceptors (Lipinski definition) is 6. The largest absolute Gasteiger partial charge is 0.492 e. The summed E-state index contributed by atoms with van der Waals surface area (Å²) in [5.41, 5.74) is 2.00. The predicted molar refractivity (Wildman–Crippen MR) is 112 cm³/mol. The summed E-state index contributed by atoms with van der Waals surface area (Å²) < 4.78 is 5.61. The van der Waals surface area contributed by atoms with Gasteiger partial charge in [0, 0.05) is 17.3 Å². The molecule has 1 heterocycles. The third kappa shape index (κ3) is 5.16. The molecule has 7 heteroatoms. The molecule has 1 amide bonds. The number of anilines is 3. The van der Waals surface area contributed by atoms with Gasteiger partial charge in [-0.05, 0) is 45.0 Å². The van der Waals surface area contributed by atoms with Crippen LogP contribution < -0.4 is 15.4 Å². The minimum Gasteiger partial charge on any atom is -0.492 e. The third-order valence-corrected chi connectivity index (χ3v) is 4.05. The number of nitrogens with zero attached hydrogens (tertiary/aromatic N) is 2. The van der Waals surface area contributed by atoms with Gasteiger partial charge in [0.25, 0.3) is 5.91 Å². The van der Waals surface area contributed by atoms with E-state index in [1.165, 1.54) is 6.92 Å². The molecule has 2 N–H and O–H groups in total. The van der Waals surface area contributed by atoms with Gasteiger partial charge >= 0.3 is 0 Å². The van der Waals surface area contributed by atoms with Crippen LogP contribution >= 0.6 is 0 Å². The van der Waals surface area contributed by atoms with E-state index in [1.54, 1.807) is 37.3 Å². The number of para-hydroxylation sites is 2. The highest BCUT2D eigenvalue weighted by Gasteiger charge is 2.13. The molecule has 148 valence electrons. The molecule has 0 unspecified atom stereocenters. The summed E-state index contributed by atoms with van der Waals surface area (Å²) >= 11 is 0. The Kier molecular flexibility index (Phi) is 6.19. The number of Topliss-reactive ketones (excluding diaryl/α,β-unsaturated/α-hetero) is 1. The quantitative estimate of drug-likeness (QED) is 0.582. The monoisotopic (exact) mass is 390 g/mol. The minimum absolute atomic E-state index is 0.0709. The van der Waals surface area contributed by atoms with Crippen LogP contribution in [0.4, 0.5) is 17.2 Å². The molecule has 0 aliphatic heterocycles. The standard InChI is InChI=1S/C22H22N4O3/c1-4-29-20-11-6-5-10-18(20)26-21-13-19(23-15(3)24-21)22(28)25-17-9-7-8-16(12-17)14(2)27/h5-13H,4H2,1-3H3,(H,25,28)(H,23,24,26). The van der Waals surface area contributed by atoms with E-state index in [0.717, 1.165) is 5.69 Å². The fraction of sp³-hybridized carbons (Fsp3) is 0.182. The first kappa shape index (κ1) is 20.0. The molecule has 29 heavy (non-hydrogen) atoms. The lowest BCUT2D eigenvalue weighted by molar-refractivity contribution is 0.100. The predicted octanol–water partition coefficient (Wildman–Crippen LogP) is 4.38. The van der Waals surface area contributed by atoms with Crippen molar-refractivity contribution in [1.29, 1.82) is 0 Å². The first-order valence-electron chi connectivity index (χ1n) is 9.23. The summed E-state index contributed by atoms with van der Waals surface area (Å²) in [5, 5.41) is 5.95. The Morgan fingerprint density at radius 1 is 1.03 bits per heavy atom. The van der Waals surface area contributed by atoms with Gasteiger partial charge in [0.1, 0.15) is 23.1 Å². The number of ether oxygens (including phenoxy) is 1. The average Bonchev–Trinajstić information content (AvgIpc) is 2.69. The molecule has 0 saturated heterocycles. The van der Waals surface area contributed by atoms with Gasteiger partial charge in [-0.25, -0.2) is 9.97 Å². The highest BCUT2D eigenvalue weighted by Crippen LogP contribution is 2.27. The van der Waals surface area contributed by atoms with Crippen LogP contribution in [0, 0.1) is 6.92 Å². The maximum Gasteiger partial charge on any atom is 0.274 e. The molecule has 0 spiro atoms. The number of nitrogens with one attached hydrogen (secondary N) is 2. The Balaban J connectivity index is 1.83. The fourth-order valence-electron chi connectivity index (χ4n) is 2.75. The molecule has 0 radical (unpaired) electrons. The van der Waals surface area contributed by atoms with Crippen molar-refractivity contribution >= 4 is 28.9 Å². The van der Waals surface area contributed by atoms with Crippen molar-refractivity contribution in [2.24, 2.45) is 0 Å². The van der Waals surface area contributed by atoms with Crippen molar-refractivity contribution in [3.63, 3.8) is 0 Å². The molecular weight excluding hydrogens is 368 g/mol. The zero-order chi connectivity index (χ0) is 20.8. The van der Waals surface area contributed by atoms with Crippen LogP contribution in [0.5, 0.6) is 5.75 Å². The first-order chi connectivity index (χ1) is 14.0. The van der Waals surface area contributed by atoms with E-state index in [9.17, 15) is 9.59 Å². The van der Waals surface area contributed by atoms with Crippen molar-refractivity contribution in [2.45, 2.75) is 20.8 Å². The molecule has 0 atom stereocenters. The summed E-state index contributed by atoms with van der Waals surface area (Å²) in [5.74, 6) is 1.16. The lowest BCUT2D eigenvalue weighted by Gasteiger charge is -2.13. The van der Waals surface area contributed by atoms with E-state index < -0.39 is 5.91 Å². The fourth-order valence-corrected chi connectivity index (χ4v) is 2.75. The molecule has 1 aromatic heterocycles. The SMILES string of the molecule is CCOc1ccccc1Nc1cc(C(=O)Nc2cccc(C(C)=O)c2)nc(C)n1. The normalized spacial score (nSPS) is 10.3. The van der Waals surface area contributed by atoms with Gasteiger partial charge < -0.3 is 15.4 Å². The van der Waals surface area contributed by atoms with Gasteiger partial charge in [0.2, 0.25) is 0 Å². The molecule has 3 aromatic rings. The molecule has 0 bridgehead atoms. The van der Waals surface area contributed by atoms with Crippen molar-refractivity contribution in [1.82, 2.24) is 9.97 Å². The van der Waals surface area contributed by atoms with Crippen LogP contribution in [0.25, 0.3) is 0 Å². The van der Waals surface area contributed by atoms with Crippen molar-refractivity contribution < 1.29 is 14.3 Å². The highest BCUT2D eigenvalue weighted by molar-refractivity contribution is 6.04. The van der Waals surface area contributed by atoms with E-state index in [0.29, 0.717) is 35.2 Å². The average molecular weight is 390 g/mol. The molecule has 0 fully saturated rings. The molecule has 0 aliphatic carbocycles. The second-order valence-electron chi connectivity index (χ2n) is 6.33. The zero-order valence-corrected chi connectivity index (χ0v) is 16.5. The number of rotatable bonds is 7. The second-order valence-corrected chi connectivity index (χ2v) is 6.33. The highest BCUT2D eigenvalue weighted by atomic mass is 16.5. The Morgan fingerprint density at radius 2 is 1.83 bits per heavy atom.